The normalized spacial score (nSPS) is 15.3. The van der Waals surface area contributed by atoms with E-state index in [9.17, 15) is 4.79 Å². The molecule has 6 heteroatoms. The van der Waals surface area contributed by atoms with Crippen molar-refractivity contribution in [3.05, 3.63) is 110 Å². The summed E-state index contributed by atoms with van der Waals surface area (Å²) in [5.41, 5.74) is 3.41. The van der Waals surface area contributed by atoms with Gasteiger partial charge in [0.25, 0.3) is 5.56 Å². The third kappa shape index (κ3) is 3.80. The van der Waals surface area contributed by atoms with E-state index in [1.165, 1.54) is 4.90 Å². The molecule has 0 atom stereocenters. The topological polar surface area (TPSA) is 29.1 Å². The molecular formula is C26H24N3OS2+. The van der Waals surface area contributed by atoms with E-state index in [-0.39, 0.29) is 5.56 Å². The van der Waals surface area contributed by atoms with Crippen molar-refractivity contribution in [3.63, 3.8) is 0 Å². The second kappa shape index (κ2) is 8.81. The number of anilines is 1. The summed E-state index contributed by atoms with van der Waals surface area (Å²) in [6, 6.07) is 24.7. The average Bonchev–Trinajstić information content (AvgIpc) is 3.32. The van der Waals surface area contributed by atoms with E-state index < -0.39 is 0 Å². The third-order valence-electron chi connectivity index (χ3n) is 5.62. The first-order valence-corrected chi connectivity index (χ1v) is 12.3. The lowest BCUT2D eigenvalue weighted by atomic mass is 10.2. The van der Waals surface area contributed by atoms with Crippen LogP contribution in [0.1, 0.15) is 18.2 Å². The van der Waals surface area contributed by atoms with Gasteiger partial charge in [-0.3, -0.25) is 9.36 Å². The van der Waals surface area contributed by atoms with Crippen molar-refractivity contribution in [2.75, 3.05) is 11.9 Å². The SMILES string of the molecule is CC[n+]1ccccc1/C=c1\s/c(=C2/Sc3ccccc3N2C)c(=O)n1Cc1ccccc1. The Balaban J connectivity index is 1.74. The van der Waals surface area contributed by atoms with Gasteiger partial charge in [-0.1, -0.05) is 54.2 Å². The zero-order chi connectivity index (χ0) is 22.1. The zero-order valence-corrected chi connectivity index (χ0v) is 19.7. The smallest absolute Gasteiger partial charge is 0.272 e. The maximum Gasteiger partial charge on any atom is 0.272 e. The molecule has 0 spiro atoms. The fourth-order valence-electron chi connectivity index (χ4n) is 3.92. The molecule has 0 radical (unpaired) electrons. The largest absolute Gasteiger partial charge is 0.337 e. The Bertz CT molecular complexity index is 1450. The van der Waals surface area contributed by atoms with Crippen LogP contribution < -0.4 is 24.2 Å². The average molecular weight is 459 g/mol. The van der Waals surface area contributed by atoms with E-state index in [4.69, 9.17) is 0 Å². The molecule has 0 amide bonds. The number of aryl methyl sites for hydroxylation is 1. The molecular weight excluding hydrogens is 434 g/mol. The van der Waals surface area contributed by atoms with Crippen LogP contribution in [-0.4, -0.2) is 11.6 Å². The molecule has 5 rings (SSSR count). The highest BCUT2D eigenvalue weighted by Crippen LogP contribution is 2.44. The summed E-state index contributed by atoms with van der Waals surface area (Å²) >= 11 is 3.25. The number of fused-ring (bicyclic) bond motifs is 1. The summed E-state index contributed by atoms with van der Waals surface area (Å²) in [6.45, 7) is 3.56. The van der Waals surface area contributed by atoms with Crippen LogP contribution in [0.25, 0.3) is 11.1 Å². The van der Waals surface area contributed by atoms with Crippen LogP contribution in [-0.2, 0) is 13.1 Å². The number of benzene rings is 2. The van der Waals surface area contributed by atoms with Crippen LogP contribution in [0.2, 0.25) is 0 Å². The lowest BCUT2D eigenvalue weighted by Crippen LogP contribution is -2.37. The Labute approximate surface area is 195 Å². The molecule has 0 bridgehead atoms. The fourth-order valence-corrected chi connectivity index (χ4v) is 6.32. The molecule has 4 nitrogen and oxygen atoms in total. The van der Waals surface area contributed by atoms with Crippen LogP contribution in [0.5, 0.6) is 0 Å². The molecule has 4 aromatic rings. The highest BCUT2D eigenvalue weighted by atomic mass is 32.2. The number of thiazole rings is 1. The van der Waals surface area contributed by atoms with Gasteiger partial charge in [0.15, 0.2) is 6.20 Å². The Morgan fingerprint density at radius 3 is 2.50 bits per heavy atom. The molecule has 0 aliphatic carbocycles. The predicted molar refractivity (Wildman–Crippen MR) is 133 cm³/mol. The van der Waals surface area contributed by atoms with Gasteiger partial charge in [-0.25, -0.2) is 0 Å². The number of nitrogens with zero attached hydrogens (tertiary/aromatic N) is 3. The number of para-hydroxylation sites is 1. The number of hydrogen-bond donors (Lipinski definition) is 0. The van der Waals surface area contributed by atoms with Crippen LogP contribution in [0.15, 0.2) is 88.7 Å². The summed E-state index contributed by atoms with van der Waals surface area (Å²) in [6.07, 6.45) is 4.21. The quantitative estimate of drug-likeness (QED) is 0.439. The Morgan fingerprint density at radius 2 is 1.72 bits per heavy atom. The van der Waals surface area contributed by atoms with Gasteiger partial charge in [-0.15, -0.1) is 11.3 Å². The molecule has 0 saturated carbocycles. The van der Waals surface area contributed by atoms with Crippen LogP contribution in [0, 0.1) is 0 Å². The molecule has 0 fully saturated rings. The van der Waals surface area contributed by atoms with Gasteiger partial charge in [-0.2, -0.15) is 4.57 Å². The van der Waals surface area contributed by atoms with E-state index in [0.29, 0.717) is 6.54 Å². The minimum Gasteiger partial charge on any atom is -0.337 e. The monoisotopic (exact) mass is 458 g/mol. The second-order valence-electron chi connectivity index (χ2n) is 7.64. The van der Waals surface area contributed by atoms with Gasteiger partial charge in [0, 0.05) is 30.2 Å². The Hall–Kier alpha value is -3.09. The van der Waals surface area contributed by atoms with Gasteiger partial charge in [0.1, 0.15) is 20.8 Å². The first kappa shape index (κ1) is 20.8. The summed E-state index contributed by atoms with van der Waals surface area (Å²) in [7, 11) is 2.04. The molecule has 3 heterocycles. The lowest BCUT2D eigenvalue weighted by Gasteiger charge is -2.11. The summed E-state index contributed by atoms with van der Waals surface area (Å²) in [4.78, 5) is 17.0. The van der Waals surface area contributed by atoms with E-state index in [0.717, 1.165) is 37.7 Å². The minimum atomic E-state index is 0.0613. The number of rotatable bonds is 4. The van der Waals surface area contributed by atoms with Crippen LogP contribution in [0.4, 0.5) is 5.69 Å². The summed E-state index contributed by atoms with van der Waals surface area (Å²) in [5, 5.41) is 0.999. The number of thioether (sulfide) groups is 1. The predicted octanol–water partition coefficient (Wildman–Crippen LogP) is 3.40. The van der Waals surface area contributed by atoms with Gasteiger partial charge in [0.05, 0.1) is 12.2 Å². The standard InChI is InChI=1S/C26H24N3OS2/c1-3-28-16-10-9-13-20(28)17-23-29(18-19-11-5-4-6-12-19)25(30)24(32-23)26-27(2)21-14-7-8-15-22(21)31-26/h4-17H,3,18H2,1-2H3/q+1/b26-24+. The lowest BCUT2D eigenvalue weighted by molar-refractivity contribution is -0.695. The third-order valence-corrected chi connectivity index (χ3v) is 8.10. The van der Waals surface area contributed by atoms with Crippen molar-refractivity contribution in [2.45, 2.75) is 24.9 Å². The first-order valence-electron chi connectivity index (χ1n) is 10.6. The van der Waals surface area contributed by atoms with Gasteiger partial charge in [0.2, 0.25) is 5.69 Å². The van der Waals surface area contributed by atoms with Gasteiger partial charge in [-0.05, 0) is 30.7 Å². The van der Waals surface area contributed by atoms with E-state index in [2.05, 4.69) is 59.0 Å². The second-order valence-corrected chi connectivity index (χ2v) is 9.70. The van der Waals surface area contributed by atoms with Crippen LogP contribution >= 0.6 is 23.1 Å². The molecule has 32 heavy (non-hydrogen) atoms. The van der Waals surface area contributed by atoms with E-state index in [1.54, 1.807) is 23.1 Å². The summed E-state index contributed by atoms with van der Waals surface area (Å²) < 4.78 is 5.85. The van der Waals surface area contributed by atoms with Crippen molar-refractivity contribution in [3.8, 4) is 0 Å². The minimum absolute atomic E-state index is 0.0613. The number of pyridine rings is 1. The van der Waals surface area contributed by atoms with Crippen molar-refractivity contribution < 1.29 is 4.57 Å². The Morgan fingerprint density at radius 1 is 0.969 bits per heavy atom. The molecule has 2 aromatic heterocycles. The first-order chi connectivity index (χ1) is 15.7. The van der Waals surface area contributed by atoms with Crippen molar-refractivity contribution in [1.29, 1.82) is 0 Å². The van der Waals surface area contributed by atoms with Crippen molar-refractivity contribution in [1.82, 2.24) is 4.57 Å². The van der Waals surface area contributed by atoms with Gasteiger partial charge < -0.3 is 4.90 Å². The molecule has 1 aliphatic heterocycles. The van der Waals surface area contributed by atoms with E-state index in [1.807, 2.05) is 54.1 Å². The molecule has 2 aromatic carbocycles. The van der Waals surface area contributed by atoms with Crippen LogP contribution in [0.3, 0.4) is 0 Å². The van der Waals surface area contributed by atoms with Crippen molar-refractivity contribution >= 4 is 39.9 Å². The molecule has 1 aliphatic rings. The molecule has 0 unspecified atom stereocenters. The molecule has 0 saturated heterocycles. The van der Waals surface area contributed by atoms with Gasteiger partial charge >= 0.3 is 0 Å². The number of aromatic nitrogens is 2. The Kier molecular flexibility index (Phi) is 5.72. The highest BCUT2D eigenvalue weighted by molar-refractivity contribution is 8.08. The number of hydrogen-bond acceptors (Lipinski definition) is 4. The fraction of sp³-hybridized carbons (Fsp3) is 0.154. The highest BCUT2D eigenvalue weighted by Gasteiger charge is 2.24. The zero-order valence-electron chi connectivity index (χ0n) is 18.1. The molecule has 0 N–H and O–H groups in total. The van der Waals surface area contributed by atoms with Crippen molar-refractivity contribution in [2.24, 2.45) is 0 Å². The maximum atomic E-state index is 13.7. The molecule has 160 valence electrons. The van der Waals surface area contributed by atoms with E-state index >= 15 is 0 Å². The summed E-state index contributed by atoms with van der Waals surface area (Å²) in [5.74, 6) is 0. The maximum absolute atomic E-state index is 13.7.